The van der Waals surface area contributed by atoms with E-state index in [1.807, 2.05) is 55.5 Å². The second-order valence-corrected chi connectivity index (χ2v) is 8.20. The van der Waals surface area contributed by atoms with Gasteiger partial charge in [-0.15, -0.1) is 0 Å². The second kappa shape index (κ2) is 7.53. The molecule has 0 fully saturated rings. The molecule has 0 N–H and O–H groups in total. The van der Waals surface area contributed by atoms with E-state index in [0.717, 1.165) is 33.8 Å². The van der Waals surface area contributed by atoms with Crippen molar-refractivity contribution in [3.8, 4) is 17.0 Å². The Morgan fingerprint density at radius 1 is 0.969 bits per heavy atom. The third-order valence-electron chi connectivity index (χ3n) is 6.30. The lowest BCUT2D eigenvalue weighted by atomic mass is 10.0. The summed E-state index contributed by atoms with van der Waals surface area (Å²) in [5, 5.41) is 0.525. The number of fused-ring (bicyclic) bond motifs is 3. The normalized spacial score (nSPS) is 15.7. The molecule has 4 aromatic rings. The van der Waals surface area contributed by atoms with Gasteiger partial charge in [-0.3, -0.25) is 13.9 Å². The van der Waals surface area contributed by atoms with Gasteiger partial charge < -0.3 is 14.0 Å². The highest BCUT2D eigenvalue weighted by molar-refractivity contribution is 5.96. The fourth-order valence-corrected chi connectivity index (χ4v) is 4.62. The van der Waals surface area contributed by atoms with Crippen molar-refractivity contribution in [3.05, 3.63) is 86.2 Å². The highest BCUT2D eigenvalue weighted by Crippen LogP contribution is 2.40. The summed E-state index contributed by atoms with van der Waals surface area (Å²) >= 11 is 0. The van der Waals surface area contributed by atoms with Crippen molar-refractivity contribution in [2.45, 2.75) is 19.6 Å². The van der Waals surface area contributed by atoms with Gasteiger partial charge in [0.15, 0.2) is 0 Å². The lowest BCUT2D eigenvalue weighted by Gasteiger charge is -2.27. The van der Waals surface area contributed by atoms with Gasteiger partial charge in [0.2, 0.25) is 0 Å². The number of aromatic nitrogens is 3. The molecule has 2 aromatic carbocycles. The third kappa shape index (κ3) is 2.92. The van der Waals surface area contributed by atoms with Crippen LogP contribution in [0, 0.1) is 6.92 Å². The zero-order valence-electron chi connectivity index (χ0n) is 18.6. The monoisotopic (exact) mass is 431 g/mol. The summed E-state index contributed by atoms with van der Waals surface area (Å²) in [7, 11) is 4.86. The van der Waals surface area contributed by atoms with Gasteiger partial charge in [-0.2, -0.15) is 0 Å². The fraction of sp³-hybridized carbons (Fsp3) is 0.280. The molecule has 7 nitrogen and oxygen atoms in total. The maximum Gasteiger partial charge on any atom is 0.331 e. The van der Waals surface area contributed by atoms with Crippen LogP contribution in [0.4, 0.5) is 0 Å². The van der Waals surface area contributed by atoms with E-state index < -0.39 is 0 Å². The summed E-state index contributed by atoms with van der Waals surface area (Å²) in [5.74, 6) is 0.740. The Morgan fingerprint density at radius 3 is 2.31 bits per heavy atom. The molecular formula is C25H25N3O4. The topological polar surface area (TPSA) is 67.4 Å². The van der Waals surface area contributed by atoms with Crippen LogP contribution in [0.5, 0.6) is 5.75 Å². The Hall–Kier alpha value is -3.58. The zero-order chi connectivity index (χ0) is 22.6. The average Bonchev–Trinajstić information content (AvgIpc) is 3.17. The molecule has 1 aliphatic heterocycles. The van der Waals surface area contributed by atoms with Gasteiger partial charge in [0.1, 0.15) is 11.9 Å². The predicted octanol–water partition coefficient (Wildman–Crippen LogP) is 3.14. The molecule has 0 aliphatic carbocycles. The van der Waals surface area contributed by atoms with Crippen LogP contribution in [0.1, 0.15) is 22.9 Å². The van der Waals surface area contributed by atoms with E-state index >= 15 is 0 Å². The summed E-state index contributed by atoms with van der Waals surface area (Å²) in [4.78, 5) is 26.3. The van der Waals surface area contributed by atoms with Crippen LogP contribution in [0.15, 0.2) is 58.1 Å². The second-order valence-electron chi connectivity index (χ2n) is 8.20. The first-order valence-corrected chi connectivity index (χ1v) is 10.6. The van der Waals surface area contributed by atoms with Crippen LogP contribution >= 0.6 is 0 Å². The number of methoxy groups -OCH3 is 1. The minimum absolute atomic E-state index is 0.307. The highest BCUT2D eigenvalue weighted by Gasteiger charge is 2.33. The van der Waals surface area contributed by atoms with E-state index in [9.17, 15) is 9.59 Å². The van der Waals surface area contributed by atoms with E-state index in [1.54, 1.807) is 18.7 Å². The molecule has 2 aromatic heterocycles. The third-order valence-corrected chi connectivity index (χ3v) is 6.30. The molecule has 0 bridgehead atoms. The van der Waals surface area contributed by atoms with Crippen molar-refractivity contribution in [2.75, 3.05) is 13.7 Å². The van der Waals surface area contributed by atoms with Gasteiger partial charge >= 0.3 is 5.69 Å². The number of nitrogens with zero attached hydrogens (tertiary/aromatic N) is 3. The highest BCUT2D eigenvalue weighted by atomic mass is 16.5. The molecule has 1 atom stereocenters. The predicted molar refractivity (Wildman–Crippen MR) is 123 cm³/mol. The van der Waals surface area contributed by atoms with E-state index in [1.165, 1.54) is 11.6 Å². The minimum atomic E-state index is -0.378. The van der Waals surface area contributed by atoms with E-state index in [2.05, 4.69) is 4.57 Å². The number of hydrogen-bond acceptors (Lipinski definition) is 4. The van der Waals surface area contributed by atoms with Crippen LogP contribution in [0.3, 0.4) is 0 Å². The summed E-state index contributed by atoms with van der Waals surface area (Å²) in [6.45, 7) is 3.13. The van der Waals surface area contributed by atoms with Crippen molar-refractivity contribution in [1.29, 1.82) is 0 Å². The molecule has 0 saturated heterocycles. The Morgan fingerprint density at radius 2 is 1.66 bits per heavy atom. The maximum atomic E-state index is 13.4. The van der Waals surface area contributed by atoms with Crippen LogP contribution in [-0.4, -0.2) is 27.4 Å². The van der Waals surface area contributed by atoms with E-state index in [4.69, 9.17) is 9.47 Å². The Bertz CT molecular complexity index is 1440. The molecule has 0 saturated carbocycles. The first-order valence-electron chi connectivity index (χ1n) is 10.6. The molecule has 3 heterocycles. The van der Waals surface area contributed by atoms with Gasteiger partial charge in [0.05, 0.1) is 36.0 Å². The van der Waals surface area contributed by atoms with Gasteiger partial charge in [0, 0.05) is 20.6 Å². The average molecular weight is 431 g/mol. The molecule has 7 heteroatoms. The first-order chi connectivity index (χ1) is 15.4. The smallest absolute Gasteiger partial charge is 0.331 e. The van der Waals surface area contributed by atoms with Crippen molar-refractivity contribution in [3.63, 3.8) is 0 Å². The first kappa shape index (κ1) is 20.3. The van der Waals surface area contributed by atoms with E-state index in [-0.39, 0.29) is 17.4 Å². The fourth-order valence-electron chi connectivity index (χ4n) is 4.62. The van der Waals surface area contributed by atoms with E-state index in [0.29, 0.717) is 24.1 Å². The van der Waals surface area contributed by atoms with Crippen molar-refractivity contribution in [1.82, 2.24) is 13.7 Å². The van der Waals surface area contributed by atoms with Gasteiger partial charge in [-0.25, -0.2) is 4.79 Å². The van der Waals surface area contributed by atoms with Crippen LogP contribution in [0.2, 0.25) is 0 Å². The molecule has 5 rings (SSSR count). The largest absolute Gasteiger partial charge is 0.497 e. The Kier molecular flexibility index (Phi) is 4.78. The standard InChI is InChI=1S/C25H25N3O4/c1-15-5-7-17(8-6-15)23-22-21-19(24(29)27(3)25(30)26(21)2)20(28(22)13-14-32-23)16-9-11-18(31-4)12-10-16/h5-12,23H,13-14H2,1-4H3/t23-/m0/s1. The minimum Gasteiger partial charge on any atom is -0.497 e. The van der Waals surface area contributed by atoms with Gasteiger partial charge in [-0.1, -0.05) is 29.8 Å². The molecule has 164 valence electrons. The van der Waals surface area contributed by atoms with Crippen molar-refractivity contribution >= 4 is 10.9 Å². The number of hydrogen-bond donors (Lipinski definition) is 0. The lowest BCUT2D eigenvalue weighted by molar-refractivity contribution is 0.0478. The number of aryl methyl sites for hydroxylation is 2. The number of rotatable bonds is 3. The van der Waals surface area contributed by atoms with Gasteiger partial charge in [-0.05, 0) is 42.3 Å². The Balaban J connectivity index is 1.90. The molecule has 1 aliphatic rings. The van der Waals surface area contributed by atoms with Crippen LogP contribution in [0.25, 0.3) is 22.2 Å². The lowest BCUT2D eigenvalue weighted by Crippen LogP contribution is -2.37. The molecular weight excluding hydrogens is 406 g/mol. The summed E-state index contributed by atoms with van der Waals surface area (Å²) < 4.78 is 16.4. The molecule has 32 heavy (non-hydrogen) atoms. The summed E-state index contributed by atoms with van der Waals surface area (Å²) in [6, 6.07) is 15.8. The van der Waals surface area contributed by atoms with Gasteiger partial charge in [0.25, 0.3) is 5.56 Å². The molecule has 0 radical (unpaired) electrons. The van der Waals surface area contributed by atoms with Crippen molar-refractivity contribution < 1.29 is 9.47 Å². The summed E-state index contributed by atoms with van der Waals surface area (Å²) in [5.41, 5.74) is 4.63. The zero-order valence-corrected chi connectivity index (χ0v) is 18.6. The number of benzene rings is 2. The SMILES string of the molecule is COc1ccc(-c2c3c(=O)n(C)c(=O)n(C)c3c3n2CCO[C@H]3c2ccc(C)cc2)cc1. The summed E-state index contributed by atoms with van der Waals surface area (Å²) in [6.07, 6.45) is -0.378. The van der Waals surface area contributed by atoms with Crippen LogP contribution < -0.4 is 16.0 Å². The molecule has 0 spiro atoms. The maximum absolute atomic E-state index is 13.4. The molecule has 0 unspecified atom stereocenters. The Labute approximate surface area is 185 Å². The van der Waals surface area contributed by atoms with Crippen LogP contribution in [-0.2, 0) is 25.4 Å². The molecule has 0 amide bonds. The quantitative estimate of drug-likeness (QED) is 0.500. The van der Waals surface area contributed by atoms with Crippen molar-refractivity contribution in [2.24, 2.45) is 14.1 Å². The number of ether oxygens (including phenoxy) is 2.